The van der Waals surface area contributed by atoms with Gasteiger partial charge in [-0.1, -0.05) is 56.3 Å². The van der Waals surface area contributed by atoms with Crippen LogP contribution >= 0.6 is 11.8 Å². The van der Waals surface area contributed by atoms with Crippen molar-refractivity contribution < 1.29 is 9.90 Å². The maximum atomic E-state index is 11.5. The maximum absolute atomic E-state index is 11.5. The molecule has 0 aliphatic carbocycles. The number of aliphatic carboxylic acids is 1. The van der Waals surface area contributed by atoms with Crippen molar-refractivity contribution in [1.82, 2.24) is 0 Å². The van der Waals surface area contributed by atoms with Gasteiger partial charge in [0.15, 0.2) is 0 Å². The average molecular weight is 260 g/mol. The Kier molecular flexibility index (Phi) is 3.92. The fraction of sp³-hybridized carbons (Fsp3) is 0.267. The zero-order valence-electron chi connectivity index (χ0n) is 10.5. The van der Waals surface area contributed by atoms with E-state index in [1.54, 1.807) is 0 Å². The van der Waals surface area contributed by atoms with Crippen molar-refractivity contribution in [1.29, 1.82) is 0 Å². The zero-order chi connectivity index (χ0) is 13.1. The number of rotatable bonds is 4. The largest absolute Gasteiger partial charge is 0.480 e. The summed E-state index contributed by atoms with van der Waals surface area (Å²) in [7, 11) is 0. The SMILES string of the molecule is CC(C)SC(C(=O)O)c1cccc2ccccc12. The van der Waals surface area contributed by atoms with E-state index in [-0.39, 0.29) is 5.25 Å². The van der Waals surface area contributed by atoms with Crippen LogP contribution in [0.5, 0.6) is 0 Å². The van der Waals surface area contributed by atoms with Crippen molar-refractivity contribution in [2.24, 2.45) is 0 Å². The summed E-state index contributed by atoms with van der Waals surface area (Å²) in [4.78, 5) is 11.5. The van der Waals surface area contributed by atoms with Crippen molar-refractivity contribution >= 4 is 28.5 Å². The minimum atomic E-state index is -0.773. The Labute approximate surface area is 111 Å². The van der Waals surface area contributed by atoms with Crippen molar-refractivity contribution in [3.8, 4) is 0 Å². The third-order valence-electron chi connectivity index (χ3n) is 2.74. The van der Waals surface area contributed by atoms with Gasteiger partial charge >= 0.3 is 5.97 Å². The number of carbonyl (C=O) groups is 1. The van der Waals surface area contributed by atoms with Crippen LogP contribution in [0.1, 0.15) is 24.7 Å². The standard InChI is InChI=1S/C15H16O2S/c1-10(2)18-14(15(16)17)13-9-5-7-11-6-3-4-8-12(11)13/h3-10,14H,1-2H3,(H,16,17). The summed E-state index contributed by atoms with van der Waals surface area (Å²) in [5.41, 5.74) is 0.888. The molecule has 0 saturated carbocycles. The molecule has 0 aliphatic heterocycles. The monoisotopic (exact) mass is 260 g/mol. The van der Waals surface area contributed by atoms with E-state index in [1.165, 1.54) is 11.8 Å². The van der Waals surface area contributed by atoms with E-state index in [1.807, 2.05) is 56.3 Å². The molecule has 3 heteroatoms. The molecule has 2 nitrogen and oxygen atoms in total. The summed E-state index contributed by atoms with van der Waals surface area (Å²) in [6, 6.07) is 13.8. The fourth-order valence-corrected chi connectivity index (χ4v) is 3.03. The summed E-state index contributed by atoms with van der Waals surface area (Å²) < 4.78 is 0. The molecule has 18 heavy (non-hydrogen) atoms. The van der Waals surface area contributed by atoms with E-state index in [4.69, 9.17) is 0 Å². The van der Waals surface area contributed by atoms with E-state index >= 15 is 0 Å². The van der Waals surface area contributed by atoms with Crippen molar-refractivity contribution in [3.05, 3.63) is 48.0 Å². The molecule has 0 aliphatic rings. The van der Waals surface area contributed by atoms with Crippen molar-refractivity contribution in [2.45, 2.75) is 24.3 Å². The number of benzene rings is 2. The van der Waals surface area contributed by atoms with Gasteiger partial charge in [-0.3, -0.25) is 4.79 Å². The van der Waals surface area contributed by atoms with Gasteiger partial charge in [-0.05, 0) is 16.3 Å². The summed E-state index contributed by atoms with van der Waals surface area (Å²) in [6.07, 6.45) is 0. The minimum Gasteiger partial charge on any atom is -0.480 e. The molecule has 2 rings (SSSR count). The lowest BCUT2D eigenvalue weighted by molar-refractivity contribution is -0.136. The number of carboxylic acid groups (broad SMARTS) is 1. The number of hydrogen-bond acceptors (Lipinski definition) is 2. The number of carboxylic acids is 1. The van der Waals surface area contributed by atoms with Gasteiger partial charge in [-0.15, -0.1) is 11.8 Å². The van der Waals surface area contributed by atoms with Crippen molar-refractivity contribution in [2.75, 3.05) is 0 Å². The maximum Gasteiger partial charge on any atom is 0.321 e. The first kappa shape index (κ1) is 13.0. The van der Waals surface area contributed by atoms with Gasteiger partial charge < -0.3 is 5.11 Å². The van der Waals surface area contributed by atoms with Gasteiger partial charge in [0, 0.05) is 5.25 Å². The highest BCUT2D eigenvalue weighted by Gasteiger charge is 2.23. The number of fused-ring (bicyclic) bond motifs is 1. The van der Waals surface area contributed by atoms with E-state index in [0.29, 0.717) is 0 Å². The minimum absolute atomic E-state index is 0.282. The molecule has 2 aromatic rings. The molecule has 0 amide bonds. The lowest BCUT2D eigenvalue weighted by Crippen LogP contribution is -2.11. The number of hydrogen-bond donors (Lipinski definition) is 1. The molecule has 1 unspecified atom stereocenters. The Morgan fingerprint density at radius 1 is 1.11 bits per heavy atom. The van der Waals surface area contributed by atoms with Gasteiger partial charge in [-0.2, -0.15) is 0 Å². The smallest absolute Gasteiger partial charge is 0.321 e. The summed E-state index contributed by atoms with van der Waals surface area (Å²) in [5, 5.41) is 11.3. The Morgan fingerprint density at radius 3 is 2.44 bits per heavy atom. The van der Waals surface area contributed by atoms with Gasteiger partial charge in [0.1, 0.15) is 5.25 Å². The van der Waals surface area contributed by atoms with Gasteiger partial charge in [0.25, 0.3) is 0 Å². The van der Waals surface area contributed by atoms with Crippen LogP contribution in [0.15, 0.2) is 42.5 Å². The second kappa shape index (κ2) is 5.44. The molecule has 2 aromatic carbocycles. The normalized spacial score (nSPS) is 12.8. The van der Waals surface area contributed by atoms with Crippen LogP contribution in [0, 0.1) is 0 Å². The molecule has 0 fully saturated rings. The molecule has 0 aromatic heterocycles. The summed E-state index contributed by atoms with van der Waals surface area (Å²) >= 11 is 1.48. The molecule has 0 saturated heterocycles. The molecule has 1 atom stereocenters. The molecular weight excluding hydrogens is 244 g/mol. The summed E-state index contributed by atoms with van der Waals surface area (Å²) in [6.45, 7) is 4.04. The molecule has 1 N–H and O–H groups in total. The van der Waals surface area contributed by atoms with Crippen LogP contribution in [0.4, 0.5) is 0 Å². The Morgan fingerprint density at radius 2 is 1.78 bits per heavy atom. The second-order valence-corrected chi connectivity index (χ2v) is 6.16. The van der Waals surface area contributed by atoms with Gasteiger partial charge in [0.2, 0.25) is 0 Å². The van der Waals surface area contributed by atoms with E-state index < -0.39 is 11.2 Å². The second-order valence-electron chi connectivity index (χ2n) is 4.47. The summed E-state index contributed by atoms with van der Waals surface area (Å²) in [5.74, 6) is -0.773. The zero-order valence-corrected chi connectivity index (χ0v) is 11.3. The first-order valence-corrected chi connectivity index (χ1v) is 6.90. The Hall–Kier alpha value is -1.48. The quantitative estimate of drug-likeness (QED) is 0.899. The van der Waals surface area contributed by atoms with Crippen LogP contribution in [0.25, 0.3) is 10.8 Å². The van der Waals surface area contributed by atoms with Crippen LogP contribution in [-0.2, 0) is 4.79 Å². The molecule has 0 bridgehead atoms. The van der Waals surface area contributed by atoms with Gasteiger partial charge in [0.05, 0.1) is 0 Å². The van der Waals surface area contributed by atoms with Crippen LogP contribution < -0.4 is 0 Å². The third-order valence-corrected chi connectivity index (χ3v) is 4.01. The van der Waals surface area contributed by atoms with Crippen LogP contribution in [0.2, 0.25) is 0 Å². The number of thioether (sulfide) groups is 1. The van der Waals surface area contributed by atoms with E-state index in [0.717, 1.165) is 16.3 Å². The molecule has 0 radical (unpaired) electrons. The molecule has 0 heterocycles. The van der Waals surface area contributed by atoms with Gasteiger partial charge in [-0.25, -0.2) is 0 Å². The Balaban J connectivity index is 2.53. The topological polar surface area (TPSA) is 37.3 Å². The molecule has 94 valence electrons. The highest BCUT2D eigenvalue weighted by molar-refractivity contribution is 8.00. The first-order chi connectivity index (χ1) is 8.59. The highest BCUT2D eigenvalue weighted by atomic mass is 32.2. The first-order valence-electron chi connectivity index (χ1n) is 5.95. The lowest BCUT2D eigenvalue weighted by Gasteiger charge is -2.16. The molecule has 0 spiro atoms. The van der Waals surface area contributed by atoms with E-state index in [9.17, 15) is 9.90 Å². The van der Waals surface area contributed by atoms with Crippen LogP contribution in [0.3, 0.4) is 0 Å². The molecular formula is C15H16O2S. The van der Waals surface area contributed by atoms with Crippen molar-refractivity contribution in [3.63, 3.8) is 0 Å². The van der Waals surface area contributed by atoms with Crippen LogP contribution in [-0.4, -0.2) is 16.3 Å². The third kappa shape index (κ3) is 2.67. The average Bonchev–Trinajstić information content (AvgIpc) is 2.35. The van der Waals surface area contributed by atoms with E-state index in [2.05, 4.69) is 0 Å². The predicted molar refractivity (Wildman–Crippen MR) is 77.1 cm³/mol. The Bertz CT molecular complexity index is 558. The fourth-order valence-electron chi connectivity index (χ4n) is 2.02. The highest BCUT2D eigenvalue weighted by Crippen LogP contribution is 2.36. The predicted octanol–water partition coefficient (Wildman–Crippen LogP) is 4.11. The lowest BCUT2D eigenvalue weighted by atomic mass is 10.0.